The van der Waals surface area contributed by atoms with Gasteiger partial charge in [0.2, 0.25) is 0 Å². The third-order valence-electron chi connectivity index (χ3n) is 4.03. The van der Waals surface area contributed by atoms with E-state index in [0.717, 1.165) is 21.7 Å². The first kappa shape index (κ1) is 18.8. The average molecular weight is 380 g/mol. The maximum atomic E-state index is 12.3. The van der Waals surface area contributed by atoms with Crippen LogP contribution in [-0.2, 0) is 9.53 Å². The largest absolute Gasteiger partial charge is 0.448 e. The predicted molar refractivity (Wildman–Crippen MR) is 107 cm³/mol. The normalized spacial score (nSPS) is 11.7. The van der Waals surface area contributed by atoms with Crippen molar-refractivity contribution in [2.24, 2.45) is 0 Å². The van der Waals surface area contributed by atoms with Crippen molar-refractivity contribution in [3.8, 4) is 10.6 Å². The van der Waals surface area contributed by atoms with Gasteiger partial charge in [0, 0.05) is 16.6 Å². The van der Waals surface area contributed by atoms with E-state index in [1.54, 1.807) is 12.3 Å². The molecule has 1 atom stereocenters. The van der Waals surface area contributed by atoms with Crippen molar-refractivity contribution in [1.29, 1.82) is 0 Å². The third-order valence-corrected chi connectivity index (χ3v) is 4.92. The Kier molecular flexibility index (Phi) is 5.66. The zero-order chi connectivity index (χ0) is 19.4. The van der Waals surface area contributed by atoms with Crippen molar-refractivity contribution in [1.82, 2.24) is 4.98 Å². The van der Waals surface area contributed by atoms with Crippen LogP contribution in [0.25, 0.3) is 10.6 Å². The van der Waals surface area contributed by atoms with E-state index in [0.29, 0.717) is 5.69 Å². The second-order valence-electron chi connectivity index (χ2n) is 6.26. The number of benzene rings is 2. The van der Waals surface area contributed by atoms with Gasteiger partial charge >= 0.3 is 5.97 Å². The Morgan fingerprint density at radius 3 is 2.56 bits per heavy atom. The number of rotatable bonds is 5. The van der Waals surface area contributed by atoms with Gasteiger partial charge in [0.25, 0.3) is 5.91 Å². The molecule has 0 radical (unpaired) electrons. The fourth-order valence-corrected chi connectivity index (χ4v) is 3.34. The summed E-state index contributed by atoms with van der Waals surface area (Å²) in [5, 5.41) is 5.16. The van der Waals surface area contributed by atoms with E-state index in [2.05, 4.69) is 10.3 Å². The van der Waals surface area contributed by atoms with E-state index in [-0.39, 0.29) is 11.6 Å². The number of nitrogens with one attached hydrogen (secondary N) is 1. The summed E-state index contributed by atoms with van der Waals surface area (Å²) in [5.74, 6) is -0.995. The van der Waals surface area contributed by atoms with Gasteiger partial charge in [0.15, 0.2) is 11.8 Å². The molecule has 0 aliphatic heterocycles. The molecule has 1 amide bonds. The number of carbonyl (C=O) groups excluding carboxylic acids is 2. The maximum absolute atomic E-state index is 12.3. The van der Waals surface area contributed by atoms with Gasteiger partial charge in [-0.2, -0.15) is 0 Å². The minimum Gasteiger partial charge on any atom is -0.448 e. The Hall–Kier alpha value is -2.99. The predicted octanol–water partition coefficient (Wildman–Crippen LogP) is 4.61. The van der Waals surface area contributed by atoms with Gasteiger partial charge in [-0.1, -0.05) is 48.0 Å². The highest BCUT2D eigenvalue weighted by molar-refractivity contribution is 7.13. The lowest BCUT2D eigenvalue weighted by atomic mass is 10.1. The fraction of sp³-hybridized carbons (Fsp3) is 0.190. The summed E-state index contributed by atoms with van der Waals surface area (Å²) in [6, 6.07) is 15.3. The highest BCUT2D eigenvalue weighted by atomic mass is 32.1. The molecule has 1 aromatic heterocycles. The van der Waals surface area contributed by atoms with Gasteiger partial charge in [-0.25, -0.2) is 9.78 Å². The average Bonchev–Trinajstić information content (AvgIpc) is 3.15. The number of hydrogen-bond donors (Lipinski definition) is 1. The van der Waals surface area contributed by atoms with Crippen LogP contribution >= 0.6 is 11.3 Å². The first-order chi connectivity index (χ1) is 12.9. The van der Waals surface area contributed by atoms with Crippen LogP contribution in [0.2, 0.25) is 0 Å². The fourth-order valence-electron chi connectivity index (χ4n) is 2.54. The van der Waals surface area contributed by atoms with E-state index in [1.165, 1.54) is 11.3 Å². The number of ether oxygens (including phenoxy) is 1. The van der Waals surface area contributed by atoms with Crippen LogP contribution < -0.4 is 5.32 Å². The van der Waals surface area contributed by atoms with Gasteiger partial charge in [-0.05, 0) is 32.4 Å². The topological polar surface area (TPSA) is 68.3 Å². The lowest BCUT2D eigenvalue weighted by Gasteiger charge is -2.14. The van der Waals surface area contributed by atoms with Crippen molar-refractivity contribution >= 4 is 28.9 Å². The first-order valence-corrected chi connectivity index (χ1v) is 9.42. The molecular formula is C21H20N2O3S. The van der Waals surface area contributed by atoms with Crippen LogP contribution in [-0.4, -0.2) is 23.0 Å². The van der Waals surface area contributed by atoms with Crippen LogP contribution in [0, 0.1) is 13.8 Å². The minimum atomic E-state index is -0.930. The van der Waals surface area contributed by atoms with Crippen LogP contribution in [0.4, 0.5) is 5.69 Å². The summed E-state index contributed by atoms with van der Waals surface area (Å²) >= 11 is 1.36. The van der Waals surface area contributed by atoms with Crippen molar-refractivity contribution < 1.29 is 14.3 Å². The molecule has 0 spiro atoms. The smallest absolute Gasteiger partial charge is 0.358 e. The second-order valence-corrected chi connectivity index (χ2v) is 7.12. The first-order valence-electron chi connectivity index (χ1n) is 8.54. The number of hydrogen-bond acceptors (Lipinski definition) is 5. The molecular weight excluding hydrogens is 360 g/mol. The Morgan fingerprint density at radius 2 is 1.85 bits per heavy atom. The molecule has 0 fully saturated rings. The van der Waals surface area contributed by atoms with Crippen molar-refractivity contribution in [3.05, 3.63) is 70.7 Å². The van der Waals surface area contributed by atoms with E-state index in [4.69, 9.17) is 4.74 Å². The Bertz CT molecular complexity index is 967. The van der Waals surface area contributed by atoms with Gasteiger partial charge < -0.3 is 10.1 Å². The molecule has 0 saturated carbocycles. The molecule has 2 aromatic carbocycles. The van der Waals surface area contributed by atoms with E-state index in [9.17, 15) is 9.59 Å². The molecule has 6 heteroatoms. The van der Waals surface area contributed by atoms with Crippen LogP contribution in [0.1, 0.15) is 28.5 Å². The SMILES string of the molecule is Cc1ccc(NC(=O)C(C)OC(=O)c2csc(-c3ccccc3)n2)c(C)c1. The minimum absolute atomic E-state index is 0.199. The summed E-state index contributed by atoms with van der Waals surface area (Å²) < 4.78 is 5.28. The molecule has 1 heterocycles. The molecule has 3 aromatic rings. The molecule has 0 bridgehead atoms. The molecule has 0 aliphatic rings. The molecule has 0 saturated heterocycles. The molecule has 0 aliphatic carbocycles. The molecule has 5 nitrogen and oxygen atoms in total. The maximum Gasteiger partial charge on any atom is 0.358 e. The second kappa shape index (κ2) is 8.14. The Balaban J connectivity index is 1.63. The van der Waals surface area contributed by atoms with Crippen molar-refractivity contribution in [3.63, 3.8) is 0 Å². The molecule has 27 heavy (non-hydrogen) atoms. The highest BCUT2D eigenvalue weighted by Crippen LogP contribution is 2.24. The highest BCUT2D eigenvalue weighted by Gasteiger charge is 2.21. The van der Waals surface area contributed by atoms with E-state index < -0.39 is 12.1 Å². The summed E-state index contributed by atoms with van der Waals surface area (Å²) in [6.45, 7) is 5.45. The molecule has 3 rings (SSSR count). The standard InChI is InChI=1S/C21H20N2O3S/c1-13-9-10-17(14(2)11-13)22-19(24)15(3)26-21(25)18-12-27-20(23-18)16-7-5-4-6-8-16/h4-12,15H,1-3H3,(H,22,24). The number of aryl methyl sites for hydroxylation is 2. The van der Waals surface area contributed by atoms with E-state index in [1.807, 2.05) is 62.4 Å². The quantitative estimate of drug-likeness (QED) is 0.656. The number of anilines is 1. The summed E-state index contributed by atoms with van der Waals surface area (Å²) in [5.41, 5.74) is 3.90. The summed E-state index contributed by atoms with van der Waals surface area (Å²) in [4.78, 5) is 29.0. The number of carbonyl (C=O) groups is 2. The number of esters is 1. The lowest BCUT2D eigenvalue weighted by Crippen LogP contribution is -2.30. The number of thiazole rings is 1. The number of nitrogens with zero attached hydrogens (tertiary/aromatic N) is 1. The zero-order valence-corrected chi connectivity index (χ0v) is 16.2. The van der Waals surface area contributed by atoms with E-state index >= 15 is 0 Å². The number of aromatic nitrogens is 1. The molecule has 1 unspecified atom stereocenters. The molecule has 138 valence electrons. The van der Waals surface area contributed by atoms with Gasteiger partial charge in [0.1, 0.15) is 5.01 Å². The van der Waals surface area contributed by atoms with Crippen LogP contribution in [0.3, 0.4) is 0 Å². The van der Waals surface area contributed by atoms with Gasteiger partial charge in [0.05, 0.1) is 0 Å². The van der Waals surface area contributed by atoms with Crippen molar-refractivity contribution in [2.75, 3.05) is 5.32 Å². The zero-order valence-electron chi connectivity index (χ0n) is 15.4. The summed E-state index contributed by atoms with van der Waals surface area (Å²) in [6.07, 6.45) is -0.930. The molecule has 1 N–H and O–H groups in total. The summed E-state index contributed by atoms with van der Waals surface area (Å²) in [7, 11) is 0. The monoisotopic (exact) mass is 380 g/mol. The Morgan fingerprint density at radius 1 is 1.11 bits per heavy atom. The van der Waals surface area contributed by atoms with Gasteiger partial charge in [-0.3, -0.25) is 4.79 Å². The third kappa shape index (κ3) is 4.60. The lowest BCUT2D eigenvalue weighted by molar-refractivity contribution is -0.123. The van der Waals surface area contributed by atoms with Gasteiger partial charge in [-0.15, -0.1) is 11.3 Å². The Labute approximate surface area is 162 Å². The van der Waals surface area contributed by atoms with Crippen molar-refractivity contribution in [2.45, 2.75) is 26.9 Å². The van der Waals surface area contributed by atoms with Crippen LogP contribution in [0.15, 0.2) is 53.9 Å². The number of amides is 1. The van der Waals surface area contributed by atoms with Crippen LogP contribution in [0.5, 0.6) is 0 Å².